The van der Waals surface area contributed by atoms with Crippen molar-refractivity contribution in [2.24, 2.45) is 0 Å². The van der Waals surface area contributed by atoms with Gasteiger partial charge in [0.15, 0.2) is 0 Å². The SMILES string of the molecule is COc1ccc(C)cc1N(CC(=O)N(Cc1ccccc1C)[C@@H](Cc1ccccc1)C(=O)NC(C)C)S(=O)(=O)c1ccc(C)cc1. The fourth-order valence-corrected chi connectivity index (χ4v) is 6.67. The highest BCUT2D eigenvalue weighted by Gasteiger charge is 2.36. The van der Waals surface area contributed by atoms with E-state index < -0.39 is 28.5 Å². The average Bonchev–Trinajstić information content (AvgIpc) is 3.02. The summed E-state index contributed by atoms with van der Waals surface area (Å²) in [5.74, 6) is -0.540. The van der Waals surface area contributed by atoms with Crippen LogP contribution in [0.1, 0.15) is 41.7 Å². The molecule has 8 nitrogen and oxygen atoms in total. The van der Waals surface area contributed by atoms with Crippen LogP contribution in [0, 0.1) is 20.8 Å². The average molecular weight is 642 g/mol. The summed E-state index contributed by atoms with van der Waals surface area (Å²) < 4.78 is 35.4. The van der Waals surface area contributed by atoms with Crippen molar-refractivity contribution in [2.75, 3.05) is 18.0 Å². The molecule has 1 atom stereocenters. The largest absolute Gasteiger partial charge is 0.495 e. The van der Waals surface area contributed by atoms with E-state index in [9.17, 15) is 18.0 Å². The topological polar surface area (TPSA) is 96.0 Å². The van der Waals surface area contributed by atoms with Crippen molar-refractivity contribution in [3.8, 4) is 5.75 Å². The molecule has 1 N–H and O–H groups in total. The summed E-state index contributed by atoms with van der Waals surface area (Å²) in [6.07, 6.45) is 0.246. The molecule has 242 valence electrons. The van der Waals surface area contributed by atoms with Gasteiger partial charge in [-0.05, 0) is 81.1 Å². The first-order chi connectivity index (χ1) is 21.9. The van der Waals surface area contributed by atoms with Crippen molar-refractivity contribution in [3.05, 3.63) is 125 Å². The van der Waals surface area contributed by atoms with E-state index in [1.54, 1.807) is 24.3 Å². The highest BCUT2D eigenvalue weighted by Crippen LogP contribution is 2.34. The van der Waals surface area contributed by atoms with Gasteiger partial charge < -0.3 is 15.0 Å². The van der Waals surface area contributed by atoms with Crippen LogP contribution in [0.2, 0.25) is 0 Å². The van der Waals surface area contributed by atoms with E-state index in [2.05, 4.69) is 5.32 Å². The molecule has 9 heteroatoms. The van der Waals surface area contributed by atoms with Crippen molar-refractivity contribution in [1.29, 1.82) is 0 Å². The minimum absolute atomic E-state index is 0.0401. The molecule has 0 aliphatic heterocycles. The van der Waals surface area contributed by atoms with Crippen LogP contribution in [0.15, 0.2) is 102 Å². The van der Waals surface area contributed by atoms with Gasteiger partial charge in [0.05, 0.1) is 17.7 Å². The van der Waals surface area contributed by atoms with E-state index in [-0.39, 0.29) is 35.5 Å². The third-order valence-corrected chi connectivity index (χ3v) is 9.57. The molecular formula is C37H43N3O5S. The highest BCUT2D eigenvalue weighted by atomic mass is 32.2. The first-order valence-corrected chi connectivity index (χ1v) is 16.8. The Bertz CT molecular complexity index is 1760. The maximum absolute atomic E-state index is 14.7. The number of ether oxygens (including phenoxy) is 1. The number of nitrogens with one attached hydrogen (secondary N) is 1. The zero-order chi connectivity index (χ0) is 33.4. The molecule has 0 bridgehead atoms. The Morgan fingerprint density at radius 2 is 1.46 bits per heavy atom. The molecule has 46 heavy (non-hydrogen) atoms. The van der Waals surface area contributed by atoms with Gasteiger partial charge in [0, 0.05) is 19.0 Å². The van der Waals surface area contributed by atoms with Crippen molar-refractivity contribution < 1.29 is 22.7 Å². The maximum atomic E-state index is 14.7. The number of rotatable bonds is 13. The van der Waals surface area contributed by atoms with Crippen LogP contribution in [-0.4, -0.2) is 50.9 Å². The number of hydrogen-bond acceptors (Lipinski definition) is 5. The van der Waals surface area contributed by atoms with E-state index in [4.69, 9.17) is 4.74 Å². The Balaban J connectivity index is 1.86. The molecular weight excluding hydrogens is 598 g/mol. The van der Waals surface area contributed by atoms with Gasteiger partial charge in [-0.2, -0.15) is 0 Å². The number of sulfonamides is 1. The van der Waals surface area contributed by atoms with Gasteiger partial charge in [-0.1, -0.05) is 78.4 Å². The smallest absolute Gasteiger partial charge is 0.264 e. The van der Waals surface area contributed by atoms with Gasteiger partial charge >= 0.3 is 0 Å². The molecule has 0 aliphatic carbocycles. The van der Waals surface area contributed by atoms with Gasteiger partial charge in [-0.25, -0.2) is 8.42 Å². The number of hydrogen-bond donors (Lipinski definition) is 1. The van der Waals surface area contributed by atoms with Crippen LogP contribution in [0.4, 0.5) is 5.69 Å². The van der Waals surface area contributed by atoms with Crippen molar-refractivity contribution in [3.63, 3.8) is 0 Å². The van der Waals surface area contributed by atoms with E-state index in [0.29, 0.717) is 5.75 Å². The number of nitrogens with zero attached hydrogens (tertiary/aromatic N) is 2. The molecule has 4 aromatic carbocycles. The van der Waals surface area contributed by atoms with E-state index in [0.717, 1.165) is 32.1 Å². The molecule has 0 fully saturated rings. The number of carbonyl (C=O) groups excluding carboxylic acids is 2. The summed E-state index contributed by atoms with van der Waals surface area (Å²) in [7, 11) is -2.79. The highest BCUT2D eigenvalue weighted by molar-refractivity contribution is 7.92. The first kappa shape index (κ1) is 34.2. The fourth-order valence-electron chi connectivity index (χ4n) is 5.25. The standard InChI is InChI=1S/C37H43N3O5S/c1-26(2)38-37(42)34(23-30-13-8-7-9-14-30)39(24-31-15-11-10-12-29(31)5)36(41)25-40(33-22-28(4)18-21-35(33)45-6)46(43,44)32-19-16-27(3)17-20-32/h7-22,26,34H,23-25H2,1-6H3,(H,38,42)/t34-/m0/s1. The zero-order valence-electron chi connectivity index (χ0n) is 27.4. The second kappa shape index (κ2) is 15.1. The van der Waals surface area contributed by atoms with Crippen LogP contribution in [0.25, 0.3) is 0 Å². The number of amides is 2. The third-order valence-electron chi connectivity index (χ3n) is 7.79. The summed E-state index contributed by atoms with van der Waals surface area (Å²) in [5, 5.41) is 2.99. The third kappa shape index (κ3) is 8.34. The first-order valence-electron chi connectivity index (χ1n) is 15.3. The van der Waals surface area contributed by atoms with Crippen LogP contribution in [0.3, 0.4) is 0 Å². The second-order valence-corrected chi connectivity index (χ2v) is 13.7. The number of aryl methyl sites for hydroxylation is 3. The maximum Gasteiger partial charge on any atom is 0.264 e. The van der Waals surface area contributed by atoms with Gasteiger partial charge in [0.2, 0.25) is 11.8 Å². The molecule has 0 aromatic heterocycles. The van der Waals surface area contributed by atoms with Gasteiger partial charge in [-0.15, -0.1) is 0 Å². The second-order valence-electron chi connectivity index (χ2n) is 11.8. The molecule has 4 rings (SSSR count). The Kier molecular flexibility index (Phi) is 11.2. The van der Waals surface area contributed by atoms with Gasteiger partial charge in [0.25, 0.3) is 10.0 Å². The minimum Gasteiger partial charge on any atom is -0.495 e. The normalized spacial score (nSPS) is 12.0. The fraction of sp³-hybridized carbons (Fsp3) is 0.297. The van der Waals surface area contributed by atoms with Crippen molar-refractivity contribution in [1.82, 2.24) is 10.2 Å². The monoisotopic (exact) mass is 641 g/mol. The summed E-state index contributed by atoms with van der Waals surface area (Å²) in [6.45, 7) is 8.96. The summed E-state index contributed by atoms with van der Waals surface area (Å²) in [4.78, 5) is 30.1. The van der Waals surface area contributed by atoms with Crippen LogP contribution in [0.5, 0.6) is 5.75 Å². The summed E-state index contributed by atoms with van der Waals surface area (Å²) in [6, 6.07) is 27.8. The van der Waals surface area contributed by atoms with E-state index >= 15 is 0 Å². The predicted octanol–water partition coefficient (Wildman–Crippen LogP) is 5.98. The number of benzene rings is 4. The Morgan fingerprint density at radius 1 is 0.826 bits per heavy atom. The number of carbonyl (C=O) groups is 2. The molecule has 0 aliphatic rings. The molecule has 0 spiro atoms. The molecule has 4 aromatic rings. The van der Waals surface area contributed by atoms with Crippen LogP contribution < -0.4 is 14.4 Å². The number of methoxy groups -OCH3 is 1. The predicted molar refractivity (Wildman–Crippen MR) is 182 cm³/mol. The quantitative estimate of drug-likeness (QED) is 0.194. The molecule has 0 heterocycles. The molecule has 0 unspecified atom stereocenters. The Morgan fingerprint density at radius 3 is 2.09 bits per heavy atom. The van der Waals surface area contributed by atoms with Crippen LogP contribution >= 0.6 is 0 Å². The Labute approximate surface area is 273 Å². The van der Waals surface area contributed by atoms with Gasteiger partial charge in [0.1, 0.15) is 18.3 Å². The van der Waals surface area contributed by atoms with Crippen molar-refractivity contribution in [2.45, 2.75) is 64.6 Å². The Hall–Kier alpha value is -4.63. The van der Waals surface area contributed by atoms with Crippen molar-refractivity contribution >= 4 is 27.5 Å². The minimum atomic E-state index is -4.25. The molecule has 0 saturated heterocycles. The zero-order valence-corrected chi connectivity index (χ0v) is 28.2. The number of anilines is 1. The molecule has 2 amide bonds. The summed E-state index contributed by atoms with van der Waals surface area (Å²) in [5.41, 5.74) is 4.61. The lowest BCUT2D eigenvalue weighted by Crippen LogP contribution is -2.54. The summed E-state index contributed by atoms with van der Waals surface area (Å²) >= 11 is 0. The van der Waals surface area contributed by atoms with E-state index in [1.807, 2.05) is 95.3 Å². The van der Waals surface area contributed by atoms with E-state index in [1.165, 1.54) is 24.1 Å². The van der Waals surface area contributed by atoms with Crippen LogP contribution in [-0.2, 0) is 32.6 Å². The lowest BCUT2D eigenvalue weighted by molar-refractivity contribution is -0.140. The molecule has 0 saturated carbocycles. The lowest BCUT2D eigenvalue weighted by Gasteiger charge is -2.34. The van der Waals surface area contributed by atoms with Gasteiger partial charge in [-0.3, -0.25) is 13.9 Å². The lowest BCUT2D eigenvalue weighted by atomic mass is 10.0. The molecule has 0 radical (unpaired) electrons.